The summed E-state index contributed by atoms with van der Waals surface area (Å²) in [5, 5.41) is 3.72. The van der Waals surface area contributed by atoms with Crippen LogP contribution in [0.1, 0.15) is 30.0 Å². The van der Waals surface area contributed by atoms with Crippen LogP contribution in [-0.4, -0.2) is 30.0 Å². The molecule has 2 aliphatic rings. The van der Waals surface area contributed by atoms with E-state index >= 15 is 0 Å². The van der Waals surface area contributed by atoms with Crippen LogP contribution in [0.3, 0.4) is 0 Å². The van der Waals surface area contributed by atoms with E-state index in [2.05, 4.69) is 34.5 Å². The van der Waals surface area contributed by atoms with Gasteiger partial charge in [0.15, 0.2) is 6.10 Å². The average molecular weight is 383 g/mol. The molecule has 2 aromatic carbocycles. The van der Waals surface area contributed by atoms with E-state index in [1.165, 1.54) is 16.7 Å². The standard InChI is InChI=1S/C22H23ClN2O2/c1-14-11-16(12-20-21(14)27-15(2)22(26)24-20)13-25-9-7-18(8-10-25)17-3-5-19(23)6-4-17/h3-7,11-12,15H,8-10,13H2,1-2H3,(H,24,26). The molecule has 4 rings (SSSR count). The van der Waals surface area contributed by atoms with Crippen LogP contribution < -0.4 is 10.1 Å². The predicted octanol–water partition coefficient (Wildman–Crippen LogP) is 4.66. The zero-order chi connectivity index (χ0) is 19.0. The summed E-state index contributed by atoms with van der Waals surface area (Å²) in [6.45, 7) is 6.56. The van der Waals surface area contributed by atoms with Gasteiger partial charge in [-0.3, -0.25) is 9.69 Å². The van der Waals surface area contributed by atoms with Crippen LogP contribution in [0.25, 0.3) is 5.57 Å². The molecule has 0 saturated carbocycles. The van der Waals surface area contributed by atoms with Gasteiger partial charge in [-0.2, -0.15) is 0 Å². The molecule has 0 radical (unpaired) electrons. The van der Waals surface area contributed by atoms with Gasteiger partial charge in [-0.1, -0.05) is 35.9 Å². The Bertz CT molecular complexity index is 905. The van der Waals surface area contributed by atoms with Gasteiger partial charge in [0.2, 0.25) is 0 Å². The van der Waals surface area contributed by atoms with Crippen molar-refractivity contribution in [3.8, 4) is 5.75 Å². The van der Waals surface area contributed by atoms with Crippen LogP contribution >= 0.6 is 11.6 Å². The second-order valence-electron chi connectivity index (χ2n) is 7.26. The molecule has 2 aliphatic heterocycles. The van der Waals surface area contributed by atoms with Gasteiger partial charge >= 0.3 is 0 Å². The summed E-state index contributed by atoms with van der Waals surface area (Å²) >= 11 is 5.98. The van der Waals surface area contributed by atoms with Crippen molar-refractivity contribution in [2.45, 2.75) is 32.9 Å². The first-order valence-electron chi connectivity index (χ1n) is 9.28. The summed E-state index contributed by atoms with van der Waals surface area (Å²) in [7, 11) is 0. The monoisotopic (exact) mass is 382 g/mol. The topological polar surface area (TPSA) is 41.6 Å². The maximum atomic E-state index is 11.9. The molecule has 0 spiro atoms. The molecule has 5 heteroatoms. The van der Waals surface area contributed by atoms with Crippen molar-refractivity contribution >= 4 is 28.8 Å². The molecule has 1 N–H and O–H groups in total. The summed E-state index contributed by atoms with van der Waals surface area (Å²) in [5.41, 5.74) is 5.65. The molecule has 4 nitrogen and oxygen atoms in total. The van der Waals surface area contributed by atoms with Crippen LogP contribution in [0.15, 0.2) is 42.5 Å². The lowest BCUT2D eigenvalue weighted by Gasteiger charge is -2.29. The number of carbonyl (C=O) groups is 1. The third-order valence-corrected chi connectivity index (χ3v) is 5.42. The molecule has 1 atom stereocenters. The minimum Gasteiger partial charge on any atom is -0.478 e. The molecular formula is C22H23ClN2O2. The minimum absolute atomic E-state index is 0.0902. The average Bonchev–Trinajstić information content (AvgIpc) is 2.65. The molecule has 0 saturated heterocycles. The minimum atomic E-state index is -0.444. The summed E-state index contributed by atoms with van der Waals surface area (Å²) in [4.78, 5) is 14.3. The van der Waals surface area contributed by atoms with E-state index < -0.39 is 6.10 Å². The Balaban J connectivity index is 1.46. The van der Waals surface area contributed by atoms with Crippen LogP contribution in [0.5, 0.6) is 5.75 Å². The largest absolute Gasteiger partial charge is 0.478 e. The molecule has 1 unspecified atom stereocenters. The van der Waals surface area contributed by atoms with Gasteiger partial charge in [0.25, 0.3) is 5.91 Å². The Hall–Kier alpha value is -2.30. The van der Waals surface area contributed by atoms with Crippen LogP contribution in [0.2, 0.25) is 5.02 Å². The van der Waals surface area contributed by atoms with E-state index in [1.807, 2.05) is 25.1 Å². The number of halogens is 1. The number of benzene rings is 2. The molecule has 1 amide bonds. The summed E-state index contributed by atoms with van der Waals surface area (Å²) in [6.07, 6.45) is 2.87. The lowest BCUT2D eigenvalue weighted by molar-refractivity contribution is -0.122. The first-order valence-corrected chi connectivity index (χ1v) is 9.66. The number of fused-ring (bicyclic) bond motifs is 1. The smallest absolute Gasteiger partial charge is 0.265 e. The number of aryl methyl sites for hydroxylation is 1. The SMILES string of the molecule is Cc1cc(CN2CC=C(c3ccc(Cl)cc3)CC2)cc2c1OC(C)C(=O)N2. The van der Waals surface area contributed by atoms with Gasteiger partial charge in [0, 0.05) is 24.7 Å². The van der Waals surface area contributed by atoms with Gasteiger partial charge in [-0.25, -0.2) is 0 Å². The Kier molecular flexibility index (Phi) is 4.94. The molecule has 0 fully saturated rings. The van der Waals surface area contributed by atoms with Crippen molar-refractivity contribution in [3.63, 3.8) is 0 Å². The number of hydrogen-bond donors (Lipinski definition) is 1. The lowest BCUT2D eigenvalue weighted by Crippen LogP contribution is -2.35. The maximum absolute atomic E-state index is 11.9. The van der Waals surface area contributed by atoms with Gasteiger partial charge in [0.1, 0.15) is 5.75 Å². The van der Waals surface area contributed by atoms with Crippen molar-refractivity contribution in [3.05, 3.63) is 64.2 Å². The van der Waals surface area contributed by atoms with Gasteiger partial charge in [-0.15, -0.1) is 0 Å². The summed E-state index contributed by atoms with van der Waals surface area (Å²) < 4.78 is 5.75. The Labute approximate surface area is 164 Å². The third-order valence-electron chi connectivity index (χ3n) is 5.17. The Morgan fingerprint density at radius 3 is 2.74 bits per heavy atom. The molecular weight excluding hydrogens is 360 g/mol. The van der Waals surface area contributed by atoms with Crippen molar-refractivity contribution in [1.29, 1.82) is 0 Å². The highest BCUT2D eigenvalue weighted by atomic mass is 35.5. The van der Waals surface area contributed by atoms with Gasteiger partial charge in [-0.05, 0) is 60.7 Å². The third kappa shape index (κ3) is 3.87. The number of amides is 1. The number of nitrogens with one attached hydrogen (secondary N) is 1. The summed E-state index contributed by atoms with van der Waals surface area (Å²) in [6, 6.07) is 12.2. The molecule has 140 valence electrons. The number of anilines is 1. The van der Waals surface area contributed by atoms with E-state index in [0.717, 1.165) is 48.1 Å². The van der Waals surface area contributed by atoms with Crippen molar-refractivity contribution in [2.75, 3.05) is 18.4 Å². The first kappa shape index (κ1) is 18.1. The molecule has 0 aromatic heterocycles. The molecule has 27 heavy (non-hydrogen) atoms. The zero-order valence-corrected chi connectivity index (χ0v) is 16.3. The van der Waals surface area contributed by atoms with Crippen molar-refractivity contribution in [1.82, 2.24) is 4.90 Å². The Morgan fingerprint density at radius 1 is 1.26 bits per heavy atom. The lowest BCUT2D eigenvalue weighted by atomic mass is 9.99. The number of nitrogens with zero attached hydrogens (tertiary/aromatic N) is 1. The fourth-order valence-corrected chi connectivity index (χ4v) is 3.82. The molecule has 2 aromatic rings. The zero-order valence-electron chi connectivity index (χ0n) is 15.6. The van der Waals surface area contributed by atoms with Gasteiger partial charge < -0.3 is 10.1 Å². The second-order valence-corrected chi connectivity index (χ2v) is 7.70. The first-order chi connectivity index (χ1) is 13.0. The fraction of sp³-hybridized carbons (Fsp3) is 0.318. The highest BCUT2D eigenvalue weighted by Crippen LogP contribution is 2.35. The molecule has 2 heterocycles. The second kappa shape index (κ2) is 7.37. The maximum Gasteiger partial charge on any atom is 0.265 e. The highest BCUT2D eigenvalue weighted by Gasteiger charge is 2.25. The van der Waals surface area contributed by atoms with Crippen molar-refractivity contribution in [2.24, 2.45) is 0 Å². The van der Waals surface area contributed by atoms with Crippen LogP contribution in [-0.2, 0) is 11.3 Å². The van der Waals surface area contributed by atoms with Crippen molar-refractivity contribution < 1.29 is 9.53 Å². The van der Waals surface area contributed by atoms with E-state index in [-0.39, 0.29) is 5.91 Å². The van der Waals surface area contributed by atoms with Gasteiger partial charge in [0.05, 0.1) is 5.69 Å². The fourth-order valence-electron chi connectivity index (χ4n) is 3.69. The Morgan fingerprint density at radius 2 is 2.04 bits per heavy atom. The molecule has 0 aliphatic carbocycles. The van der Waals surface area contributed by atoms with E-state index in [9.17, 15) is 4.79 Å². The van der Waals surface area contributed by atoms with E-state index in [1.54, 1.807) is 6.92 Å². The highest BCUT2D eigenvalue weighted by molar-refractivity contribution is 6.30. The van der Waals surface area contributed by atoms with E-state index in [0.29, 0.717) is 0 Å². The number of carbonyl (C=O) groups excluding carboxylic acids is 1. The predicted molar refractivity (Wildman–Crippen MR) is 109 cm³/mol. The normalized spacial score (nSPS) is 19.7. The quantitative estimate of drug-likeness (QED) is 0.839. The number of rotatable bonds is 3. The van der Waals surface area contributed by atoms with E-state index in [4.69, 9.17) is 16.3 Å². The van der Waals surface area contributed by atoms with Crippen LogP contribution in [0, 0.1) is 6.92 Å². The molecule has 0 bridgehead atoms. The number of hydrogen-bond acceptors (Lipinski definition) is 3. The van der Waals surface area contributed by atoms with Crippen LogP contribution in [0.4, 0.5) is 5.69 Å². The summed E-state index contributed by atoms with van der Waals surface area (Å²) in [5.74, 6) is 0.696. The number of ether oxygens (including phenoxy) is 1.